The molecule has 3 aromatic rings. The van der Waals surface area contributed by atoms with Crippen LogP contribution in [0.25, 0.3) is 11.6 Å². The fourth-order valence-electron chi connectivity index (χ4n) is 1.79. The maximum atomic E-state index is 5.30. The Labute approximate surface area is 130 Å². The molecule has 0 bridgehead atoms. The van der Waals surface area contributed by atoms with E-state index in [0.717, 1.165) is 5.16 Å². The van der Waals surface area contributed by atoms with Crippen LogP contribution < -0.4 is 0 Å². The lowest BCUT2D eigenvalue weighted by molar-refractivity contribution is 0.184. The van der Waals surface area contributed by atoms with Crippen LogP contribution in [0.5, 0.6) is 0 Å². The largest absolute Gasteiger partial charge is 0.461 e. The lowest BCUT2D eigenvalue weighted by atomic mass is 10.4. The van der Waals surface area contributed by atoms with Crippen molar-refractivity contribution >= 4 is 11.8 Å². The Balaban J connectivity index is 1.70. The molecular weight excluding hydrogens is 306 g/mol. The second-order valence-corrected chi connectivity index (χ2v) is 5.80. The van der Waals surface area contributed by atoms with E-state index in [9.17, 15) is 0 Å². The summed E-state index contributed by atoms with van der Waals surface area (Å²) in [6, 6.07) is 3.57. The Hall–Kier alpha value is -2.13. The number of furan rings is 1. The van der Waals surface area contributed by atoms with Crippen LogP contribution in [0.4, 0.5) is 0 Å². The maximum Gasteiger partial charge on any atom is 0.240 e. The normalized spacial score (nSPS) is 12.6. The predicted molar refractivity (Wildman–Crippen MR) is 78.2 cm³/mol. The lowest BCUT2D eigenvalue weighted by Crippen LogP contribution is -2.05. The van der Waals surface area contributed by atoms with Crippen molar-refractivity contribution in [1.82, 2.24) is 24.9 Å². The fraction of sp³-hybridized carbons (Fsp3) is 0.385. The molecule has 0 spiro atoms. The van der Waals surface area contributed by atoms with Crippen LogP contribution in [0.3, 0.4) is 0 Å². The summed E-state index contributed by atoms with van der Waals surface area (Å²) in [5.74, 6) is 1.53. The van der Waals surface area contributed by atoms with E-state index in [4.69, 9.17) is 13.7 Å². The quantitative estimate of drug-likeness (QED) is 0.613. The summed E-state index contributed by atoms with van der Waals surface area (Å²) in [5.41, 5.74) is 0. The molecule has 3 aromatic heterocycles. The molecule has 0 saturated heterocycles. The van der Waals surface area contributed by atoms with Gasteiger partial charge in [0.05, 0.1) is 18.1 Å². The molecule has 0 N–H and O–H groups in total. The number of methoxy groups -OCH3 is 1. The minimum absolute atomic E-state index is 0.0540. The molecule has 1 unspecified atom stereocenters. The van der Waals surface area contributed by atoms with Gasteiger partial charge in [-0.25, -0.2) is 0 Å². The lowest BCUT2D eigenvalue weighted by Gasteiger charge is -2.07. The first-order chi connectivity index (χ1) is 10.8. The van der Waals surface area contributed by atoms with Crippen molar-refractivity contribution in [3.05, 3.63) is 30.6 Å². The van der Waals surface area contributed by atoms with Gasteiger partial charge in [0.1, 0.15) is 6.33 Å². The summed E-state index contributed by atoms with van der Waals surface area (Å²) in [6.45, 7) is 3.27. The molecule has 116 valence electrons. The summed E-state index contributed by atoms with van der Waals surface area (Å²) < 4.78 is 17.5. The summed E-state index contributed by atoms with van der Waals surface area (Å²) in [5, 5.41) is 12.7. The molecule has 9 heteroatoms. The summed E-state index contributed by atoms with van der Waals surface area (Å²) in [7, 11) is 1.66. The molecule has 0 saturated carbocycles. The van der Waals surface area contributed by atoms with Crippen LogP contribution in [0, 0.1) is 0 Å². The van der Waals surface area contributed by atoms with Crippen LogP contribution in [0.2, 0.25) is 0 Å². The van der Waals surface area contributed by atoms with Crippen LogP contribution in [-0.2, 0) is 11.3 Å². The van der Waals surface area contributed by atoms with Gasteiger partial charge in [0, 0.05) is 13.7 Å². The minimum atomic E-state index is -0.0540. The third-order valence-electron chi connectivity index (χ3n) is 2.93. The molecule has 0 amide bonds. The van der Waals surface area contributed by atoms with Crippen molar-refractivity contribution in [3.8, 4) is 11.6 Å². The summed E-state index contributed by atoms with van der Waals surface area (Å²) in [4.78, 5) is 4.35. The van der Waals surface area contributed by atoms with Crippen molar-refractivity contribution in [2.45, 2.75) is 23.9 Å². The van der Waals surface area contributed by atoms with Gasteiger partial charge in [-0.1, -0.05) is 16.9 Å². The van der Waals surface area contributed by atoms with E-state index in [1.165, 1.54) is 11.8 Å². The zero-order chi connectivity index (χ0) is 15.4. The first-order valence-corrected chi connectivity index (χ1v) is 7.56. The molecule has 22 heavy (non-hydrogen) atoms. The first-order valence-electron chi connectivity index (χ1n) is 6.69. The van der Waals surface area contributed by atoms with Gasteiger partial charge < -0.3 is 18.2 Å². The molecule has 3 heterocycles. The smallest absolute Gasteiger partial charge is 0.240 e. The zero-order valence-corrected chi connectivity index (χ0v) is 13.0. The van der Waals surface area contributed by atoms with E-state index in [1.807, 2.05) is 11.5 Å². The van der Waals surface area contributed by atoms with E-state index in [0.29, 0.717) is 30.6 Å². The Bertz CT molecular complexity index is 709. The van der Waals surface area contributed by atoms with Crippen LogP contribution in [0.1, 0.15) is 18.1 Å². The van der Waals surface area contributed by atoms with Crippen molar-refractivity contribution < 1.29 is 13.7 Å². The average molecular weight is 321 g/mol. The van der Waals surface area contributed by atoms with E-state index >= 15 is 0 Å². The molecule has 1 atom stereocenters. The fourth-order valence-corrected chi connectivity index (χ4v) is 2.67. The second-order valence-electron chi connectivity index (χ2n) is 4.49. The van der Waals surface area contributed by atoms with Crippen molar-refractivity contribution in [2.24, 2.45) is 0 Å². The van der Waals surface area contributed by atoms with E-state index < -0.39 is 0 Å². The van der Waals surface area contributed by atoms with Gasteiger partial charge in [-0.3, -0.25) is 0 Å². The van der Waals surface area contributed by atoms with Crippen LogP contribution >= 0.6 is 11.8 Å². The Morgan fingerprint density at radius 1 is 1.45 bits per heavy atom. The number of aromatic nitrogens is 5. The average Bonchev–Trinajstić information content (AvgIpc) is 3.25. The highest BCUT2D eigenvalue weighted by atomic mass is 32.2. The van der Waals surface area contributed by atoms with Crippen LogP contribution in [0.15, 0.2) is 38.8 Å². The standard InChI is InChI=1S/C13H15N5O3S/c1-9(22-13-16-14-8-18(13)5-7-19-2)12-15-11(17-21-12)10-4-3-6-20-10/h3-4,6,8-9H,5,7H2,1-2H3. The molecule has 3 rings (SSSR count). The first kappa shape index (κ1) is 14.8. The Morgan fingerprint density at radius 3 is 3.14 bits per heavy atom. The third-order valence-corrected chi connectivity index (χ3v) is 4.01. The van der Waals surface area contributed by atoms with Gasteiger partial charge in [0.15, 0.2) is 10.9 Å². The topological polar surface area (TPSA) is 92.0 Å². The van der Waals surface area contributed by atoms with Crippen molar-refractivity contribution in [1.29, 1.82) is 0 Å². The van der Waals surface area contributed by atoms with Crippen LogP contribution in [-0.4, -0.2) is 38.6 Å². The third kappa shape index (κ3) is 3.20. The zero-order valence-electron chi connectivity index (χ0n) is 12.2. The molecule has 8 nitrogen and oxygen atoms in total. The van der Waals surface area contributed by atoms with E-state index in [1.54, 1.807) is 31.8 Å². The van der Waals surface area contributed by atoms with E-state index in [2.05, 4.69) is 20.3 Å². The van der Waals surface area contributed by atoms with E-state index in [-0.39, 0.29) is 5.25 Å². The highest BCUT2D eigenvalue weighted by molar-refractivity contribution is 7.99. The number of thioether (sulfide) groups is 1. The van der Waals surface area contributed by atoms with Gasteiger partial charge >= 0.3 is 0 Å². The second kappa shape index (κ2) is 6.75. The van der Waals surface area contributed by atoms with Gasteiger partial charge in [-0.2, -0.15) is 4.98 Å². The molecule has 0 radical (unpaired) electrons. The number of ether oxygens (including phenoxy) is 1. The van der Waals surface area contributed by atoms with Gasteiger partial charge in [0.25, 0.3) is 0 Å². The SMILES string of the molecule is COCCn1cnnc1SC(C)c1nc(-c2ccco2)no1. The summed E-state index contributed by atoms with van der Waals surface area (Å²) in [6.07, 6.45) is 3.25. The van der Waals surface area contributed by atoms with Crippen molar-refractivity contribution in [2.75, 3.05) is 13.7 Å². The maximum absolute atomic E-state index is 5.30. The minimum Gasteiger partial charge on any atom is -0.461 e. The molecule has 0 aliphatic heterocycles. The molecule has 0 aliphatic rings. The highest BCUT2D eigenvalue weighted by Gasteiger charge is 2.20. The number of hydrogen-bond donors (Lipinski definition) is 0. The molecular formula is C13H15N5O3S. The van der Waals surface area contributed by atoms with Gasteiger partial charge in [-0.05, 0) is 19.1 Å². The monoisotopic (exact) mass is 321 g/mol. The molecule has 0 fully saturated rings. The number of nitrogens with zero attached hydrogens (tertiary/aromatic N) is 5. The Morgan fingerprint density at radius 2 is 2.36 bits per heavy atom. The highest BCUT2D eigenvalue weighted by Crippen LogP contribution is 2.33. The summed E-state index contributed by atoms with van der Waals surface area (Å²) >= 11 is 1.50. The Kier molecular flexibility index (Phi) is 4.54. The van der Waals surface area contributed by atoms with Crippen molar-refractivity contribution in [3.63, 3.8) is 0 Å². The number of hydrogen-bond acceptors (Lipinski definition) is 8. The molecule has 0 aliphatic carbocycles. The number of rotatable bonds is 7. The molecule has 0 aromatic carbocycles. The van der Waals surface area contributed by atoms with Gasteiger partial charge in [-0.15, -0.1) is 10.2 Å². The predicted octanol–water partition coefficient (Wildman–Crippen LogP) is 2.42. The van der Waals surface area contributed by atoms with Gasteiger partial charge in [0.2, 0.25) is 11.7 Å².